The number of ether oxygens (including phenoxy) is 1. The Morgan fingerprint density at radius 2 is 2.16 bits per heavy atom. The molecule has 0 spiro atoms. The Morgan fingerprint density at radius 1 is 1.47 bits per heavy atom. The second-order valence-electron chi connectivity index (χ2n) is 3.87. The highest BCUT2D eigenvalue weighted by atomic mass is 35.5. The summed E-state index contributed by atoms with van der Waals surface area (Å²) in [4.78, 5) is 10.6. The average molecular weight is 301 g/mol. The molecule has 0 fully saturated rings. The lowest BCUT2D eigenvalue weighted by atomic mass is 10.2. The number of aliphatic carboxylic acids is 1. The van der Waals surface area contributed by atoms with Crippen molar-refractivity contribution < 1.29 is 14.6 Å². The summed E-state index contributed by atoms with van der Waals surface area (Å²) >= 11 is 11.9. The van der Waals surface area contributed by atoms with E-state index in [1.54, 1.807) is 12.1 Å². The van der Waals surface area contributed by atoms with Crippen LogP contribution in [0.4, 0.5) is 0 Å². The third-order valence-corrected chi connectivity index (χ3v) is 2.86. The van der Waals surface area contributed by atoms with Crippen LogP contribution in [0.1, 0.15) is 18.9 Å². The molecule has 0 saturated heterocycles. The largest absolute Gasteiger partial charge is 0.487 e. The van der Waals surface area contributed by atoms with E-state index in [0.717, 1.165) is 18.1 Å². The maximum atomic E-state index is 10.6. The minimum absolute atomic E-state index is 0.325. The monoisotopic (exact) mass is 300 g/mol. The Hall–Kier alpha value is -1.45. The third-order valence-electron chi connectivity index (χ3n) is 2.36. The Kier molecular flexibility index (Phi) is 5.93. The van der Waals surface area contributed by atoms with Crippen LogP contribution in [0.25, 0.3) is 6.08 Å². The zero-order valence-electron chi connectivity index (χ0n) is 10.5. The molecule has 102 valence electrons. The first-order valence-electron chi connectivity index (χ1n) is 5.63. The second kappa shape index (κ2) is 7.22. The van der Waals surface area contributed by atoms with E-state index < -0.39 is 5.97 Å². The van der Waals surface area contributed by atoms with Crippen molar-refractivity contribution >= 4 is 35.2 Å². The summed E-state index contributed by atoms with van der Waals surface area (Å²) in [7, 11) is 0. The number of carboxylic acids is 1. The summed E-state index contributed by atoms with van der Waals surface area (Å²) in [6.07, 6.45) is 3.19. The van der Waals surface area contributed by atoms with Crippen molar-refractivity contribution in [3.05, 3.63) is 46.0 Å². The molecule has 1 aromatic carbocycles. The van der Waals surface area contributed by atoms with Crippen LogP contribution in [0.5, 0.6) is 5.75 Å². The van der Waals surface area contributed by atoms with Gasteiger partial charge >= 0.3 is 5.97 Å². The standard InChI is InChI=1S/C14H14Cl2O3/c1-3-9(2)8-19-14-10(4-5-13(17)18)6-11(15)7-12(14)16/h4-7H,2-3,8H2,1H3,(H,17,18). The van der Waals surface area contributed by atoms with Gasteiger partial charge in [0.05, 0.1) is 5.02 Å². The van der Waals surface area contributed by atoms with E-state index in [1.807, 2.05) is 6.92 Å². The lowest BCUT2D eigenvalue weighted by Gasteiger charge is -2.12. The van der Waals surface area contributed by atoms with E-state index in [1.165, 1.54) is 6.08 Å². The maximum absolute atomic E-state index is 10.6. The van der Waals surface area contributed by atoms with Crippen LogP contribution in [0.2, 0.25) is 10.0 Å². The van der Waals surface area contributed by atoms with E-state index in [9.17, 15) is 4.79 Å². The summed E-state index contributed by atoms with van der Waals surface area (Å²) in [5.74, 6) is -0.654. The highest BCUT2D eigenvalue weighted by Gasteiger charge is 2.09. The summed E-state index contributed by atoms with van der Waals surface area (Å²) in [5.41, 5.74) is 1.43. The van der Waals surface area contributed by atoms with Crippen molar-refractivity contribution in [3.8, 4) is 5.75 Å². The second-order valence-corrected chi connectivity index (χ2v) is 4.71. The van der Waals surface area contributed by atoms with Gasteiger partial charge in [0.15, 0.2) is 0 Å². The Labute approximate surface area is 122 Å². The quantitative estimate of drug-likeness (QED) is 0.624. The van der Waals surface area contributed by atoms with Crippen molar-refractivity contribution in [2.45, 2.75) is 13.3 Å². The van der Waals surface area contributed by atoms with E-state index >= 15 is 0 Å². The summed E-state index contributed by atoms with van der Waals surface area (Å²) in [6.45, 7) is 6.13. The highest BCUT2D eigenvalue weighted by Crippen LogP contribution is 2.33. The molecule has 0 aliphatic rings. The molecule has 3 nitrogen and oxygen atoms in total. The fraction of sp³-hybridized carbons (Fsp3) is 0.214. The SMILES string of the molecule is C=C(CC)COc1c(Cl)cc(Cl)cc1C=CC(=O)O. The fourth-order valence-electron chi connectivity index (χ4n) is 1.29. The molecule has 0 saturated carbocycles. The fourth-order valence-corrected chi connectivity index (χ4v) is 1.86. The molecular weight excluding hydrogens is 287 g/mol. The van der Waals surface area contributed by atoms with Gasteiger partial charge in [0.25, 0.3) is 0 Å². The minimum atomic E-state index is -1.06. The number of carboxylic acid groups (broad SMARTS) is 1. The maximum Gasteiger partial charge on any atom is 0.328 e. The van der Waals surface area contributed by atoms with Crippen LogP contribution in [-0.2, 0) is 4.79 Å². The van der Waals surface area contributed by atoms with Crippen LogP contribution < -0.4 is 4.74 Å². The van der Waals surface area contributed by atoms with Crippen molar-refractivity contribution in [2.75, 3.05) is 6.61 Å². The van der Waals surface area contributed by atoms with Gasteiger partial charge in [-0.1, -0.05) is 36.7 Å². The van der Waals surface area contributed by atoms with E-state index in [-0.39, 0.29) is 0 Å². The molecule has 0 aliphatic carbocycles. The Morgan fingerprint density at radius 3 is 2.74 bits per heavy atom. The molecule has 0 aliphatic heterocycles. The molecule has 0 heterocycles. The first-order chi connectivity index (χ1) is 8.93. The number of halogens is 2. The first-order valence-corrected chi connectivity index (χ1v) is 6.39. The lowest BCUT2D eigenvalue weighted by molar-refractivity contribution is -0.131. The lowest BCUT2D eigenvalue weighted by Crippen LogP contribution is -2.01. The van der Waals surface area contributed by atoms with Gasteiger partial charge in [-0.25, -0.2) is 4.79 Å². The molecule has 0 aromatic heterocycles. The van der Waals surface area contributed by atoms with Gasteiger partial charge in [-0.05, 0) is 30.2 Å². The number of hydrogen-bond acceptors (Lipinski definition) is 2. The van der Waals surface area contributed by atoms with E-state index in [2.05, 4.69) is 6.58 Å². The highest BCUT2D eigenvalue weighted by molar-refractivity contribution is 6.35. The molecule has 5 heteroatoms. The zero-order chi connectivity index (χ0) is 14.4. The van der Waals surface area contributed by atoms with E-state index in [0.29, 0.717) is 28.0 Å². The van der Waals surface area contributed by atoms with Crippen LogP contribution in [-0.4, -0.2) is 17.7 Å². The van der Waals surface area contributed by atoms with Crippen molar-refractivity contribution in [1.29, 1.82) is 0 Å². The van der Waals surface area contributed by atoms with Gasteiger partial charge in [0.1, 0.15) is 12.4 Å². The van der Waals surface area contributed by atoms with Gasteiger partial charge in [0.2, 0.25) is 0 Å². The zero-order valence-corrected chi connectivity index (χ0v) is 12.0. The van der Waals surface area contributed by atoms with Crippen LogP contribution in [0, 0.1) is 0 Å². The van der Waals surface area contributed by atoms with Gasteiger partial charge < -0.3 is 9.84 Å². The molecule has 0 atom stereocenters. The smallest absolute Gasteiger partial charge is 0.328 e. The molecule has 0 unspecified atom stereocenters. The van der Waals surface area contributed by atoms with Gasteiger partial charge in [0, 0.05) is 16.7 Å². The third kappa shape index (κ3) is 4.97. The Balaban J connectivity index is 3.06. The molecule has 19 heavy (non-hydrogen) atoms. The van der Waals surface area contributed by atoms with Crippen LogP contribution in [0.3, 0.4) is 0 Å². The molecule has 0 radical (unpaired) electrons. The first kappa shape index (κ1) is 15.6. The normalized spacial score (nSPS) is 10.7. The summed E-state index contributed by atoms with van der Waals surface area (Å²) in [5, 5.41) is 9.40. The number of hydrogen-bond donors (Lipinski definition) is 1. The topological polar surface area (TPSA) is 46.5 Å². The summed E-state index contributed by atoms with van der Waals surface area (Å²) < 4.78 is 5.57. The molecule has 1 N–H and O–H groups in total. The van der Waals surface area contributed by atoms with Gasteiger partial charge in [-0.15, -0.1) is 0 Å². The van der Waals surface area contributed by atoms with Crippen molar-refractivity contribution in [3.63, 3.8) is 0 Å². The Bertz CT molecular complexity index is 522. The number of rotatable bonds is 6. The summed E-state index contributed by atoms with van der Waals surface area (Å²) in [6, 6.07) is 3.14. The molecule has 1 aromatic rings. The number of carbonyl (C=O) groups is 1. The van der Waals surface area contributed by atoms with Crippen molar-refractivity contribution in [1.82, 2.24) is 0 Å². The molecule has 1 rings (SSSR count). The van der Waals surface area contributed by atoms with Crippen molar-refractivity contribution in [2.24, 2.45) is 0 Å². The van der Waals surface area contributed by atoms with Gasteiger partial charge in [-0.3, -0.25) is 0 Å². The number of benzene rings is 1. The predicted molar refractivity (Wildman–Crippen MR) is 78.1 cm³/mol. The van der Waals surface area contributed by atoms with E-state index in [4.69, 9.17) is 33.0 Å². The van der Waals surface area contributed by atoms with Gasteiger partial charge in [-0.2, -0.15) is 0 Å². The molecule has 0 amide bonds. The minimum Gasteiger partial charge on any atom is -0.487 e. The molecule has 0 bridgehead atoms. The predicted octanol–water partition coefficient (Wildman–Crippen LogP) is 4.44. The van der Waals surface area contributed by atoms with Crippen LogP contribution >= 0.6 is 23.2 Å². The molecular formula is C14H14Cl2O3. The van der Waals surface area contributed by atoms with Crippen LogP contribution in [0.15, 0.2) is 30.4 Å². The average Bonchev–Trinajstić information content (AvgIpc) is 2.34.